The molecule has 2 saturated heterocycles. The number of hydrogen-bond acceptors (Lipinski definition) is 6. The SMILES string of the molecule is COC(=O)c1coc(CN2CCC3(CC2)CC(c2ccccc2)CN3C)n1. The Hall–Kier alpha value is -2.18. The third-order valence-electron chi connectivity index (χ3n) is 6.29. The predicted octanol–water partition coefficient (Wildman–Crippen LogP) is 2.92. The van der Waals surface area contributed by atoms with Gasteiger partial charge in [0.2, 0.25) is 5.89 Å². The number of carbonyl (C=O) groups is 1. The van der Waals surface area contributed by atoms with E-state index in [2.05, 4.69) is 56.9 Å². The maximum Gasteiger partial charge on any atom is 0.360 e. The first kappa shape index (κ1) is 18.2. The molecule has 4 rings (SSSR count). The van der Waals surface area contributed by atoms with E-state index < -0.39 is 5.97 Å². The molecular weight excluding hydrogens is 342 g/mol. The normalized spacial score (nSPS) is 23.0. The Labute approximate surface area is 160 Å². The third-order valence-corrected chi connectivity index (χ3v) is 6.29. The fourth-order valence-electron chi connectivity index (χ4n) is 4.64. The number of benzene rings is 1. The molecule has 0 amide bonds. The lowest BCUT2D eigenvalue weighted by Crippen LogP contribution is -2.50. The summed E-state index contributed by atoms with van der Waals surface area (Å²) in [5.74, 6) is 0.743. The van der Waals surface area contributed by atoms with Crippen LogP contribution >= 0.6 is 0 Å². The number of rotatable bonds is 4. The minimum absolute atomic E-state index is 0.238. The van der Waals surface area contributed by atoms with Gasteiger partial charge < -0.3 is 9.15 Å². The molecule has 2 aliphatic rings. The fraction of sp³-hybridized carbons (Fsp3) is 0.524. The molecule has 0 aliphatic carbocycles. The van der Waals surface area contributed by atoms with Gasteiger partial charge in [-0.25, -0.2) is 9.78 Å². The molecule has 144 valence electrons. The summed E-state index contributed by atoms with van der Waals surface area (Å²) in [6.45, 7) is 3.80. The number of methoxy groups -OCH3 is 1. The summed E-state index contributed by atoms with van der Waals surface area (Å²) in [5, 5.41) is 0. The van der Waals surface area contributed by atoms with E-state index in [4.69, 9.17) is 4.42 Å². The van der Waals surface area contributed by atoms with E-state index in [9.17, 15) is 4.79 Å². The highest BCUT2D eigenvalue weighted by Crippen LogP contribution is 2.44. The second-order valence-corrected chi connectivity index (χ2v) is 7.81. The van der Waals surface area contributed by atoms with Gasteiger partial charge in [-0.05, 0) is 37.8 Å². The molecule has 0 N–H and O–H groups in total. The summed E-state index contributed by atoms with van der Waals surface area (Å²) in [5.41, 5.74) is 1.99. The van der Waals surface area contributed by atoms with Crippen LogP contribution in [0, 0.1) is 0 Å². The van der Waals surface area contributed by atoms with Gasteiger partial charge in [0, 0.05) is 25.2 Å². The van der Waals surface area contributed by atoms with Crippen LogP contribution in [0.4, 0.5) is 0 Å². The molecule has 3 heterocycles. The van der Waals surface area contributed by atoms with Crippen molar-refractivity contribution in [3.8, 4) is 0 Å². The zero-order valence-electron chi connectivity index (χ0n) is 16.1. The maximum atomic E-state index is 11.5. The van der Waals surface area contributed by atoms with Crippen molar-refractivity contribution in [2.45, 2.75) is 37.3 Å². The molecule has 1 unspecified atom stereocenters. The maximum absolute atomic E-state index is 11.5. The van der Waals surface area contributed by atoms with Crippen LogP contribution in [0.2, 0.25) is 0 Å². The van der Waals surface area contributed by atoms with E-state index in [1.54, 1.807) is 0 Å². The minimum Gasteiger partial charge on any atom is -0.464 e. The highest BCUT2D eigenvalue weighted by Gasteiger charge is 2.45. The van der Waals surface area contributed by atoms with Gasteiger partial charge in [0.25, 0.3) is 0 Å². The van der Waals surface area contributed by atoms with Crippen LogP contribution in [0.15, 0.2) is 41.0 Å². The van der Waals surface area contributed by atoms with E-state index in [0.717, 1.165) is 32.5 Å². The Morgan fingerprint density at radius 1 is 1.30 bits per heavy atom. The lowest BCUT2D eigenvalue weighted by Gasteiger charge is -2.43. The van der Waals surface area contributed by atoms with E-state index in [-0.39, 0.29) is 5.69 Å². The lowest BCUT2D eigenvalue weighted by atomic mass is 9.81. The number of nitrogens with zero attached hydrogens (tertiary/aromatic N) is 3. The molecule has 2 aliphatic heterocycles. The molecule has 0 bridgehead atoms. The van der Waals surface area contributed by atoms with Crippen molar-refractivity contribution >= 4 is 5.97 Å². The molecule has 1 aromatic heterocycles. The Balaban J connectivity index is 1.36. The second-order valence-electron chi connectivity index (χ2n) is 7.81. The van der Waals surface area contributed by atoms with Crippen molar-refractivity contribution < 1.29 is 13.9 Å². The average molecular weight is 369 g/mol. The van der Waals surface area contributed by atoms with Gasteiger partial charge in [0.15, 0.2) is 5.69 Å². The largest absolute Gasteiger partial charge is 0.464 e. The number of esters is 1. The van der Waals surface area contributed by atoms with Crippen molar-refractivity contribution in [2.24, 2.45) is 0 Å². The van der Waals surface area contributed by atoms with Crippen LogP contribution in [0.3, 0.4) is 0 Å². The molecule has 1 atom stereocenters. The highest BCUT2D eigenvalue weighted by molar-refractivity contribution is 5.86. The van der Waals surface area contributed by atoms with Crippen molar-refractivity contribution in [1.82, 2.24) is 14.8 Å². The van der Waals surface area contributed by atoms with Gasteiger partial charge in [0.1, 0.15) is 6.26 Å². The molecule has 1 aromatic carbocycles. The number of ether oxygens (including phenoxy) is 1. The average Bonchev–Trinajstić information content (AvgIpc) is 3.29. The van der Waals surface area contributed by atoms with Gasteiger partial charge in [0.05, 0.1) is 13.7 Å². The number of likely N-dealkylation sites (N-methyl/N-ethyl adjacent to an activating group) is 1. The number of hydrogen-bond donors (Lipinski definition) is 0. The summed E-state index contributed by atoms with van der Waals surface area (Å²) >= 11 is 0. The molecule has 27 heavy (non-hydrogen) atoms. The molecule has 6 nitrogen and oxygen atoms in total. The monoisotopic (exact) mass is 369 g/mol. The van der Waals surface area contributed by atoms with Crippen LogP contribution < -0.4 is 0 Å². The number of piperidine rings is 1. The summed E-state index contributed by atoms with van der Waals surface area (Å²) < 4.78 is 10.1. The van der Waals surface area contributed by atoms with E-state index >= 15 is 0 Å². The van der Waals surface area contributed by atoms with Crippen molar-refractivity contribution in [3.05, 3.63) is 53.7 Å². The van der Waals surface area contributed by atoms with Crippen LogP contribution in [-0.2, 0) is 11.3 Å². The van der Waals surface area contributed by atoms with Crippen molar-refractivity contribution in [1.29, 1.82) is 0 Å². The molecule has 0 saturated carbocycles. The molecule has 6 heteroatoms. The van der Waals surface area contributed by atoms with Crippen LogP contribution in [0.25, 0.3) is 0 Å². The van der Waals surface area contributed by atoms with Gasteiger partial charge in [-0.15, -0.1) is 0 Å². The summed E-state index contributed by atoms with van der Waals surface area (Å²) in [6, 6.07) is 10.9. The number of aromatic nitrogens is 1. The van der Waals surface area contributed by atoms with E-state index in [1.165, 1.54) is 25.4 Å². The van der Waals surface area contributed by atoms with Crippen LogP contribution in [0.5, 0.6) is 0 Å². The van der Waals surface area contributed by atoms with Crippen LogP contribution in [0.1, 0.15) is 47.1 Å². The van der Waals surface area contributed by atoms with Gasteiger partial charge in [-0.2, -0.15) is 0 Å². The highest BCUT2D eigenvalue weighted by atomic mass is 16.5. The van der Waals surface area contributed by atoms with Gasteiger partial charge >= 0.3 is 5.97 Å². The Kier molecular flexibility index (Phi) is 5.02. The summed E-state index contributed by atoms with van der Waals surface area (Å²) in [4.78, 5) is 20.7. The number of oxazole rings is 1. The molecular formula is C21H27N3O3. The third kappa shape index (κ3) is 3.64. The number of carbonyl (C=O) groups excluding carboxylic acids is 1. The number of likely N-dealkylation sites (tertiary alicyclic amines) is 2. The van der Waals surface area contributed by atoms with Crippen LogP contribution in [-0.4, -0.2) is 60.1 Å². The van der Waals surface area contributed by atoms with Crippen molar-refractivity contribution in [2.75, 3.05) is 33.8 Å². The zero-order chi connectivity index (χ0) is 18.9. The molecule has 1 spiro atoms. The molecule has 2 aromatic rings. The first-order valence-electron chi connectivity index (χ1n) is 9.61. The predicted molar refractivity (Wildman–Crippen MR) is 102 cm³/mol. The van der Waals surface area contributed by atoms with E-state index in [0.29, 0.717) is 23.9 Å². The zero-order valence-corrected chi connectivity index (χ0v) is 16.1. The summed E-state index contributed by atoms with van der Waals surface area (Å²) in [7, 11) is 3.62. The second kappa shape index (κ2) is 7.44. The quantitative estimate of drug-likeness (QED) is 0.773. The summed E-state index contributed by atoms with van der Waals surface area (Å²) in [6.07, 6.45) is 4.91. The van der Waals surface area contributed by atoms with E-state index in [1.807, 2.05) is 0 Å². The minimum atomic E-state index is -0.456. The Morgan fingerprint density at radius 3 is 2.74 bits per heavy atom. The first-order valence-corrected chi connectivity index (χ1v) is 9.61. The Morgan fingerprint density at radius 2 is 2.04 bits per heavy atom. The topological polar surface area (TPSA) is 58.8 Å². The molecule has 0 radical (unpaired) electrons. The standard InChI is InChI=1S/C21H27N3O3/c1-23-13-17(16-6-4-3-5-7-16)12-21(23)8-10-24(11-9-21)14-19-22-18(15-27-19)20(25)26-2/h3-7,15,17H,8-14H2,1-2H3. The van der Waals surface area contributed by atoms with Crippen molar-refractivity contribution in [3.63, 3.8) is 0 Å². The van der Waals surface area contributed by atoms with Gasteiger partial charge in [-0.1, -0.05) is 30.3 Å². The smallest absolute Gasteiger partial charge is 0.360 e. The fourth-order valence-corrected chi connectivity index (χ4v) is 4.64. The lowest BCUT2D eigenvalue weighted by molar-refractivity contribution is 0.0593. The van der Waals surface area contributed by atoms with Gasteiger partial charge in [-0.3, -0.25) is 9.80 Å². The first-order chi connectivity index (χ1) is 13.1. The molecule has 2 fully saturated rings. The Bertz CT molecular complexity index is 781.